The zero-order valence-corrected chi connectivity index (χ0v) is 26.7. The first-order valence-corrected chi connectivity index (χ1v) is 15.8. The number of nitrogens with one attached hydrogen (secondary N) is 1. The second kappa shape index (κ2) is 14.6. The number of hydrogen-bond acceptors (Lipinski definition) is 4. The van der Waals surface area contributed by atoms with Gasteiger partial charge in [0.05, 0.1) is 0 Å². The van der Waals surface area contributed by atoms with E-state index in [0.717, 1.165) is 45.7 Å². The number of rotatable bonds is 12. The molecule has 2 N–H and O–H groups in total. The van der Waals surface area contributed by atoms with Crippen LogP contribution >= 0.6 is 0 Å². The maximum Gasteiger partial charge on any atom is 0.247 e. The molecule has 0 heterocycles. The van der Waals surface area contributed by atoms with Crippen LogP contribution in [0.3, 0.4) is 0 Å². The smallest absolute Gasteiger partial charge is 0.247 e. The fourth-order valence-corrected chi connectivity index (χ4v) is 5.98. The quantitative estimate of drug-likeness (QED) is 0.161. The number of hydrogen-bond donors (Lipinski definition) is 2. The van der Waals surface area contributed by atoms with E-state index in [1.54, 1.807) is 0 Å². The average molecular weight is 599 g/mol. The van der Waals surface area contributed by atoms with Crippen molar-refractivity contribution in [3.8, 4) is 16.9 Å². The molecule has 4 rings (SSSR count). The van der Waals surface area contributed by atoms with Crippen LogP contribution in [0.25, 0.3) is 11.1 Å². The number of anilines is 1. The van der Waals surface area contributed by atoms with Gasteiger partial charge >= 0.3 is 0 Å². The van der Waals surface area contributed by atoms with Crippen molar-refractivity contribution >= 4 is 22.7 Å². The van der Waals surface area contributed by atoms with Gasteiger partial charge in [-0.3, -0.25) is 4.79 Å². The highest BCUT2D eigenvalue weighted by atomic mass is 32.2. The molecular weight excluding hydrogens is 556 g/mol. The van der Waals surface area contributed by atoms with Gasteiger partial charge in [0.2, 0.25) is 5.91 Å². The summed E-state index contributed by atoms with van der Waals surface area (Å²) in [6, 6.07) is 29.6. The van der Waals surface area contributed by atoms with Crippen molar-refractivity contribution in [3.05, 3.63) is 119 Å². The molecule has 0 aliphatic rings. The van der Waals surface area contributed by atoms with Gasteiger partial charge in [-0.25, -0.2) is 4.21 Å². The van der Waals surface area contributed by atoms with E-state index in [0.29, 0.717) is 17.9 Å². The number of carbonyl (C=O) groups excluding carboxylic acids is 1. The van der Waals surface area contributed by atoms with Gasteiger partial charge in [-0.15, -0.1) is 0 Å². The van der Waals surface area contributed by atoms with Crippen LogP contribution in [-0.4, -0.2) is 33.7 Å². The molecule has 226 valence electrons. The van der Waals surface area contributed by atoms with Crippen LogP contribution in [0.2, 0.25) is 0 Å². The zero-order valence-electron chi connectivity index (χ0n) is 25.8. The monoisotopic (exact) mass is 598 g/mol. The molecule has 0 radical (unpaired) electrons. The van der Waals surface area contributed by atoms with Crippen molar-refractivity contribution in [2.75, 3.05) is 19.4 Å². The molecular formula is C36H42N2O4S. The first kappa shape index (κ1) is 32.1. The van der Waals surface area contributed by atoms with E-state index in [-0.39, 0.29) is 11.8 Å². The van der Waals surface area contributed by atoms with Crippen LogP contribution in [0.1, 0.15) is 72.6 Å². The summed E-state index contributed by atoms with van der Waals surface area (Å²) in [5.74, 6) is 0.230. The molecule has 4 aromatic rings. The highest BCUT2D eigenvalue weighted by Gasteiger charge is 2.33. The fraction of sp³-hybridized carbons (Fsp3) is 0.306. The lowest BCUT2D eigenvalue weighted by molar-refractivity contribution is -0.116. The Balaban J connectivity index is 1.74. The van der Waals surface area contributed by atoms with E-state index in [9.17, 15) is 13.6 Å². The molecule has 1 amide bonds. The number of carbonyl (C=O) groups is 1. The number of nitrogens with zero attached hydrogens (tertiary/aromatic N) is 1. The average Bonchev–Trinajstić information content (AvgIpc) is 2.97. The highest BCUT2D eigenvalue weighted by Crippen LogP contribution is 2.41. The molecule has 0 aliphatic heterocycles. The Morgan fingerprint density at radius 3 is 1.98 bits per heavy atom. The second-order valence-corrected chi connectivity index (χ2v) is 12.8. The minimum Gasteiger partial charge on any atom is -0.488 e. The largest absolute Gasteiger partial charge is 0.488 e. The normalized spacial score (nSPS) is 12.9. The Labute approximate surface area is 258 Å². The molecule has 7 heteroatoms. The lowest BCUT2D eigenvalue weighted by atomic mass is 9.83. The van der Waals surface area contributed by atoms with Crippen molar-refractivity contribution in [1.29, 1.82) is 0 Å². The second-order valence-electron chi connectivity index (χ2n) is 11.7. The van der Waals surface area contributed by atoms with Crippen LogP contribution in [0.4, 0.5) is 5.69 Å². The third-order valence-electron chi connectivity index (χ3n) is 7.35. The number of amides is 1. The summed E-state index contributed by atoms with van der Waals surface area (Å²) < 4.78 is 29.7. The fourth-order valence-electron chi connectivity index (χ4n) is 5.27. The Bertz CT molecular complexity index is 1520. The van der Waals surface area contributed by atoms with Crippen LogP contribution < -0.4 is 10.1 Å². The summed E-state index contributed by atoms with van der Waals surface area (Å²) in [4.78, 5) is 15.8. The van der Waals surface area contributed by atoms with Crippen molar-refractivity contribution in [1.82, 2.24) is 4.90 Å². The Morgan fingerprint density at radius 1 is 0.837 bits per heavy atom. The van der Waals surface area contributed by atoms with Gasteiger partial charge in [0.1, 0.15) is 12.4 Å². The van der Waals surface area contributed by atoms with Gasteiger partial charge in [0.15, 0.2) is 16.3 Å². The van der Waals surface area contributed by atoms with Crippen LogP contribution in [0.5, 0.6) is 5.75 Å². The van der Waals surface area contributed by atoms with E-state index in [2.05, 4.69) is 10.2 Å². The van der Waals surface area contributed by atoms with Crippen LogP contribution in [-0.2, 0) is 29.0 Å². The summed E-state index contributed by atoms with van der Waals surface area (Å²) in [7, 11) is 3.99. The minimum absolute atomic E-state index is 0.00554. The molecule has 0 aliphatic carbocycles. The Hall–Kier alpha value is -3.78. The van der Waals surface area contributed by atoms with Gasteiger partial charge in [0, 0.05) is 17.8 Å². The predicted molar refractivity (Wildman–Crippen MR) is 177 cm³/mol. The van der Waals surface area contributed by atoms with Crippen molar-refractivity contribution in [2.45, 2.75) is 57.9 Å². The van der Waals surface area contributed by atoms with Crippen molar-refractivity contribution in [3.63, 3.8) is 0 Å². The standard InChI is InChI=1S/C36H42N2O4S/c1-24(2)31-20-28(30-14-10-11-15-33(30)42-23-27-12-8-7-9-13-27)21-32(25(3)4)34(31)35(43(40)41)36(39)37-29-18-16-26(17-19-29)22-38(5)6/h7-21,24-25,35H,22-23H2,1-6H3,(H,37,39)(H,40,41). The lowest BCUT2D eigenvalue weighted by Crippen LogP contribution is -2.27. The highest BCUT2D eigenvalue weighted by molar-refractivity contribution is 7.80. The minimum atomic E-state index is -2.45. The Morgan fingerprint density at radius 2 is 1.42 bits per heavy atom. The SMILES string of the molecule is CC(C)c1cc(-c2ccccc2OCc2ccccc2)cc(C(C)C)c1C(C(=O)Nc1ccc(CN(C)C)cc1)S(=O)O. The molecule has 6 nitrogen and oxygen atoms in total. The Kier molecular flexibility index (Phi) is 10.9. The van der Waals surface area contributed by atoms with E-state index < -0.39 is 22.2 Å². The third kappa shape index (κ3) is 8.20. The first-order chi connectivity index (χ1) is 20.5. The molecule has 0 aromatic heterocycles. The first-order valence-electron chi connectivity index (χ1n) is 14.6. The van der Waals surface area contributed by atoms with Crippen LogP contribution in [0, 0.1) is 0 Å². The van der Waals surface area contributed by atoms with Gasteiger partial charge in [-0.2, -0.15) is 0 Å². The topological polar surface area (TPSA) is 78.9 Å². The molecule has 43 heavy (non-hydrogen) atoms. The van der Waals surface area contributed by atoms with E-state index in [1.807, 2.05) is 133 Å². The third-order valence-corrected chi connectivity index (χ3v) is 8.20. The summed E-state index contributed by atoms with van der Waals surface area (Å²) >= 11 is -2.45. The number of benzene rings is 4. The molecule has 2 unspecified atom stereocenters. The predicted octanol–water partition coefficient (Wildman–Crippen LogP) is 8.14. The van der Waals surface area contributed by atoms with Crippen molar-refractivity contribution in [2.24, 2.45) is 0 Å². The summed E-state index contributed by atoms with van der Waals surface area (Å²) in [5.41, 5.74) is 6.98. The molecule has 4 aromatic carbocycles. The summed E-state index contributed by atoms with van der Waals surface area (Å²) in [6.07, 6.45) is 0. The van der Waals surface area contributed by atoms with Gasteiger partial charge in [-0.1, -0.05) is 100 Å². The maximum atomic E-state index is 13.7. The zero-order chi connectivity index (χ0) is 31.1. The number of ether oxygens (including phenoxy) is 1. The molecule has 0 fully saturated rings. The molecule has 2 atom stereocenters. The summed E-state index contributed by atoms with van der Waals surface area (Å²) in [5, 5.41) is 1.64. The van der Waals surface area contributed by atoms with Crippen molar-refractivity contribution < 1.29 is 18.3 Å². The number of para-hydroxylation sites is 1. The maximum absolute atomic E-state index is 13.7. The van der Waals surface area contributed by atoms with Crippen LogP contribution in [0.15, 0.2) is 91.0 Å². The van der Waals surface area contributed by atoms with Gasteiger partial charge in [-0.05, 0) is 77.5 Å². The molecule has 0 saturated heterocycles. The molecule has 0 spiro atoms. The molecule has 0 bridgehead atoms. The molecule has 0 saturated carbocycles. The van der Waals surface area contributed by atoms with E-state index in [4.69, 9.17) is 4.74 Å². The van der Waals surface area contributed by atoms with Gasteiger partial charge in [0.25, 0.3) is 0 Å². The summed E-state index contributed by atoms with van der Waals surface area (Å²) in [6.45, 7) is 9.39. The van der Waals surface area contributed by atoms with Gasteiger partial charge < -0.3 is 19.5 Å². The van der Waals surface area contributed by atoms with E-state index in [1.165, 1.54) is 0 Å². The van der Waals surface area contributed by atoms with E-state index >= 15 is 0 Å². The lowest BCUT2D eigenvalue weighted by Gasteiger charge is -2.26.